The van der Waals surface area contributed by atoms with Crippen LogP contribution in [0.2, 0.25) is 0 Å². The molecule has 3 aromatic rings. The number of carbonyl (C=O) groups is 1. The highest BCUT2D eigenvalue weighted by Crippen LogP contribution is 2.48. The van der Waals surface area contributed by atoms with E-state index in [-0.39, 0.29) is 37.8 Å². The molecule has 0 atom stereocenters. The Labute approximate surface area is 200 Å². The predicted octanol–water partition coefficient (Wildman–Crippen LogP) is 7.82. The molecule has 0 aliphatic heterocycles. The van der Waals surface area contributed by atoms with E-state index in [0.717, 1.165) is 18.2 Å². The first kappa shape index (κ1) is 23.5. The fraction of sp³-hybridized carbons (Fsp3) is 0.208. The van der Waals surface area contributed by atoms with Crippen LogP contribution >= 0.6 is 22.6 Å². The molecule has 33 heavy (non-hydrogen) atoms. The number of carbonyl (C=O) groups excluding carboxylic acids is 1. The lowest BCUT2D eigenvalue weighted by molar-refractivity contribution is -0.138. The van der Waals surface area contributed by atoms with Crippen molar-refractivity contribution in [2.45, 2.75) is 31.9 Å². The first-order valence-electron chi connectivity index (χ1n) is 9.98. The lowest BCUT2D eigenvalue weighted by Crippen LogP contribution is -2.17. The van der Waals surface area contributed by atoms with Gasteiger partial charge >= 0.3 is 6.18 Å². The van der Waals surface area contributed by atoms with E-state index in [4.69, 9.17) is 4.74 Å². The molecule has 1 amide bonds. The summed E-state index contributed by atoms with van der Waals surface area (Å²) >= 11 is 1.74. The summed E-state index contributed by atoms with van der Waals surface area (Å²) in [6.45, 7) is 1.59. The van der Waals surface area contributed by atoms with E-state index in [9.17, 15) is 26.7 Å². The summed E-state index contributed by atoms with van der Waals surface area (Å²) in [5.74, 6) is -1.96. The van der Waals surface area contributed by atoms with E-state index in [1.165, 1.54) is 30.3 Å². The molecule has 1 fully saturated rings. The maximum Gasteiger partial charge on any atom is 0.416 e. The van der Waals surface area contributed by atoms with Crippen molar-refractivity contribution < 1.29 is 31.5 Å². The summed E-state index contributed by atoms with van der Waals surface area (Å²) in [5, 5.41) is 2.50. The molecule has 0 bridgehead atoms. The smallest absolute Gasteiger partial charge is 0.416 e. The van der Waals surface area contributed by atoms with Crippen LogP contribution in [0.5, 0.6) is 11.5 Å². The molecule has 9 heteroatoms. The third-order valence-corrected chi connectivity index (χ3v) is 6.08. The standard InChI is InChI=1S/C24H17F5INO2/c1-12-8-14(25)4-7-21(12)33-22-11-16(13-2-3-13)18(24(27,28)29)10-17(22)23(32)31-15-5-6-19(26)20(30)9-15/h4-11,13H,2-3H2,1H3,(H,31,32). The lowest BCUT2D eigenvalue weighted by atomic mass is 9.98. The van der Waals surface area contributed by atoms with E-state index in [1.807, 2.05) is 0 Å². The van der Waals surface area contributed by atoms with Gasteiger partial charge in [-0.1, -0.05) is 0 Å². The Bertz CT molecular complexity index is 1240. The zero-order valence-corrected chi connectivity index (χ0v) is 19.4. The summed E-state index contributed by atoms with van der Waals surface area (Å²) in [6, 6.07) is 9.58. The van der Waals surface area contributed by atoms with Crippen LogP contribution in [0, 0.1) is 22.1 Å². The molecule has 0 spiro atoms. The minimum Gasteiger partial charge on any atom is -0.456 e. The van der Waals surface area contributed by atoms with Crippen LogP contribution in [0.3, 0.4) is 0 Å². The molecular formula is C24H17F5INO2. The number of anilines is 1. The zero-order valence-electron chi connectivity index (χ0n) is 17.2. The minimum absolute atomic E-state index is 0.0603. The molecule has 0 heterocycles. The molecule has 1 aliphatic rings. The van der Waals surface area contributed by atoms with E-state index in [2.05, 4.69) is 5.32 Å². The Balaban J connectivity index is 1.79. The van der Waals surface area contributed by atoms with Gasteiger partial charge in [-0.3, -0.25) is 4.79 Å². The van der Waals surface area contributed by atoms with Crippen molar-refractivity contribution in [1.29, 1.82) is 0 Å². The third kappa shape index (κ3) is 5.29. The van der Waals surface area contributed by atoms with Crippen LogP contribution in [-0.2, 0) is 6.18 Å². The Morgan fingerprint density at radius 1 is 1.03 bits per heavy atom. The number of hydrogen-bond acceptors (Lipinski definition) is 2. The highest BCUT2D eigenvalue weighted by atomic mass is 127. The van der Waals surface area contributed by atoms with Crippen molar-refractivity contribution in [2.24, 2.45) is 0 Å². The van der Waals surface area contributed by atoms with Gasteiger partial charge < -0.3 is 10.1 Å². The Morgan fingerprint density at radius 2 is 1.76 bits per heavy atom. The number of benzene rings is 3. The van der Waals surface area contributed by atoms with E-state index < -0.39 is 29.3 Å². The SMILES string of the molecule is Cc1cc(F)ccc1Oc1cc(C2CC2)c(C(F)(F)F)cc1C(=O)Nc1ccc(F)c(I)c1. The van der Waals surface area contributed by atoms with Crippen LogP contribution in [0.1, 0.15) is 45.8 Å². The van der Waals surface area contributed by atoms with Gasteiger partial charge in [-0.2, -0.15) is 13.2 Å². The van der Waals surface area contributed by atoms with Crippen molar-refractivity contribution in [2.75, 3.05) is 5.32 Å². The number of ether oxygens (including phenoxy) is 1. The summed E-state index contributed by atoms with van der Waals surface area (Å²) in [7, 11) is 0. The number of rotatable bonds is 5. The van der Waals surface area contributed by atoms with Crippen LogP contribution in [0.4, 0.5) is 27.6 Å². The third-order valence-electron chi connectivity index (χ3n) is 5.25. The Morgan fingerprint density at radius 3 is 2.36 bits per heavy atom. The number of alkyl halides is 3. The van der Waals surface area contributed by atoms with Gasteiger partial charge in [-0.15, -0.1) is 0 Å². The van der Waals surface area contributed by atoms with Gasteiger partial charge in [-0.25, -0.2) is 8.78 Å². The maximum absolute atomic E-state index is 13.8. The highest BCUT2D eigenvalue weighted by molar-refractivity contribution is 14.1. The second kappa shape index (κ2) is 8.92. The molecular weight excluding hydrogens is 556 g/mol. The summed E-state index contributed by atoms with van der Waals surface area (Å²) in [4.78, 5) is 13.0. The average Bonchev–Trinajstić information content (AvgIpc) is 3.57. The highest BCUT2D eigenvalue weighted by Gasteiger charge is 2.40. The molecule has 3 aromatic carbocycles. The molecule has 0 aromatic heterocycles. The zero-order chi connectivity index (χ0) is 23.9. The van der Waals surface area contributed by atoms with Crippen LogP contribution in [0.25, 0.3) is 0 Å². The summed E-state index contributed by atoms with van der Waals surface area (Å²) in [6.07, 6.45) is -3.45. The molecule has 1 aliphatic carbocycles. The Hall–Kier alpha value is -2.69. The van der Waals surface area contributed by atoms with Crippen molar-refractivity contribution in [3.8, 4) is 11.5 Å². The normalized spacial score (nSPS) is 13.7. The van der Waals surface area contributed by atoms with Crippen LogP contribution in [0.15, 0.2) is 48.5 Å². The minimum atomic E-state index is -4.66. The van der Waals surface area contributed by atoms with Gasteiger partial charge in [0.15, 0.2) is 0 Å². The maximum atomic E-state index is 13.8. The van der Waals surface area contributed by atoms with Gasteiger partial charge in [-0.05, 0) is 108 Å². The van der Waals surface area contributed by atoms with Gasteiger partial charge in [0.1, 0.15) is 23.1 Å². The monoisotopic (exact) mass is 573 g/mol. The quantitative estimate of drug-likeness (QED) is 0.250. The van der Waals surface area contributed by atoms with Crippen molar-refractivity contribution in [3.05, 3.63) is 86.0 Å². The second-order valence-corrected chi connectivity index (χ2v) is 8.96. The molecule has 0 saturated heterocycles. The summed E-state index contributed by atoms with van der Waals surface area (Å²) < 4.78 is 74.5. The average molecular weight is 573 g/mol. The molecule has 1 saturated carbocycles. The Kier molecular flexibility index (Phi) is 6.35. The van der Waals surface area contributed by atoms with Crippen LogP contribution in [-0.4, -0.2) is 5.91 Å². The number of hydrogen-bond donors (Lipinski definition) is 1. The number of nitrogens with one attached hydrogen (secondary N) is 1. The number of aryl methyl sites for hydroxylation is 1. The number of amides is 1. The molecule has 0 radical (unpaired) electrons. The van der Waals surface area contributed by atoms with Crippen molar-refractivity contribution in [3.63, 3.8) is 0 Å². The van der Waals surface area contributed by atoms with E-state index >= 15 is 0 Å². The van der Waals surface area contributed by atoms with Gasteiger partial charge in [0.2, 0.25) is 0 Å². The topological polar surface area (TPSA) is 38.3 Å². The molecule has 172 valence electrons. The lowest BCUT2D eigenvalue weighted by Gasteiger charge is -2.19. The first-order chi connectivity index (χ1) is 15.5. The number of halogens is 6. The van der Waals surface area contributed by atoms with Gasteiger partial charge in [0, 0.05) is 5.69 Å². The fourth-order valence-corrected chi connectivity index (χ4v) is 3.97. The second-order valence-electron chi connectivity index (χ2n) is 7.80. The molecule has 3 nitrogen and oxygen atoms in total. The summed E-state index contributed by atoms with van der Waals surface area (Å²) in [5.41, 5.74) is -0.538. The van der Waals surface area contributed by atoms with Crippen molar-refractivity contribution >= 4 is 34.2 Å². The predicted molar refractivity (Wildman–Crippen MR) is 122 cm³/mol. The molecule has 4 rings (SSSR count). The first-order valence-corrected chi connectivity index (χ1v) is 11.1. The molecule has 0 unspecified atom stereocenters. The van der Waals surface area contributed by atoms with Crippen molar-refractivity contribution in [1.82, 2.24) is 0 Å². The van der Waals surface area contributed by atoms with Gasteiger partial charge in [0.25, 0.3) is 5.91 Å². The molecule has 1 N–H and O–H groups in total. The fourth-order valence-electron chi connectivity index (χ4n) is 3.45. The van der Waals surface area contributed by atoms with Gasteiger partial charge in [0.05, 0.1) is 14.7 Å². The van der Waals surface area contributed by atoms with E-state index in [0.29, 0.717) is 18.4 Å². The largest absolute Gasteiger partial charge is 0.456 e. The van der Waals surface area contributed by atoms with Crippen LogP contribution < -0.4 is 10.1 Å². The van der Waals surface area contributed by atoms with E-state index in [1.54, 1.807) is 29.5 Å².